The molecule has 25 heavy (non-hydrogen) atoms. The Hall–Kier alpha value is -2.52. The lowest BCUT2D eigenvalue weighted by Gasteiger charge is -2.33. The average Bonchev–Trinajstić information content (AvgIpc) is 2.68. The second-order valence-corrected chi connectivity index (χ2v) is 7.39. The van der Waals surface area contributed by atoms with E-state index in [1.165, 1.54) is 35.7 Å². The van der Waals surface area contributed by atoms with Crippen molar-refractivity contribution < 1.29 is 17.9 Å². The number of ether oxygens (including phenoxy) is 1. The first-order chi connectivity index (χ1) is 12.0. The lowest BCUT2D eigenvalue weighted by atomic mass is 10.2. The summed E-state index contributed by atoms with van der Waals surface area (Å²) in [6.45, 7) is 1.73. The van der Waals surface area contributed by atoms with Crippen molar-refractivity contribution >= 4 is 21.9 Å². The van der Waals surface area contributed by atoms with Gasteiger partial charge >= 0.3 is 5.97 Å². The van der Waals surface area contributed by atoms with E-state index in [4.69, 9.17) is 0 Å². The van der Waals surface area contributed by atoms with E-state index in [0.29, 0.717) is 37.7 Å². The maximum atomic E-state index is 12.7. The molecule has 1 aliphatic rings. The number of sulfonamides is 1. The number of piperazine rings is 1. The highest BCUT2D eigenvalue weighted by atomic mass is 32.2. The van der Waals surface area contributed by atoms with Gasteiger partial charge in [0.25, 0.3) is 0 Å². The van der Waals surface area contributed by atoms with Gasteiger partial charge in [-0.3, -0.25) is 0 Å². The smallest absolute Gasteiger partial charge is 0.337 e. The summed E-state index contributed by atoms with van der Waals surface area (Å²) in [7, 11) is -2.32. The zero-order valence-corrected chi connectivity index (χ0v) is 14.5. The Balaban J connectivity index is 1.70. The van der Waals surface area contributed by atoms with Gasteiger partial charge in [-0.05, 0) is 30.3 Å². The first-order valence-corrected chi connectivity index (χ1v) is 9.17. The Labute approximate surface area is 146 Å². The fraction of sp³-hybridized carbons (Fsp3) is 0.312. The molecule has 1 fully saturated rings. The molecule has 2 aromatic rings. The molecule has 0 aliphatic carbocycles. The molecule has 132 valence electrons. The lowest BCUT2D eigenvalue weighted by molar-refractivity contribution is 0.0600. The number of anilines is 1. The normalized spacial score (nSPS) is 15.8. The molecule has 1 aromatic carbocycles. The summed E-state index contributed by atoms with van der Waals surface area (Å²) in [5.74, 6) is 0.0994. The number of hydrogen-bond acceptors (Lipinski definition) is 7. The molecule has 0 amide bonds. The number of esters is 1. The summed E-state index contributed by atoms with van der Waals surface area (Å²) in [5.41, 5.74) is 0.312. The van der Waals surface area contributed by atoms with Gasteiger partial charge < -0.3 is 9.64 Å². The predicted octanol–water partition coefficient (Wildman–Crippen LogP) is 0.774. The van der Waals surface area contributed by atoms with Crippen LogP contribution in [0.25, 0.3) is 0 Å². The van der Waals surface area contributed by atoms with Crippen LogP contribution in [0.4, 0.5) is 5.95 Å². The fourth-order valence-corrected chi connectivity index (χ4v) is 4.04. The summed E-state index contributed by atoms with van der Waals surface area (Å²) in [6.07, 6.45) is 3.32. The van der Waals surface area contributed by atoms with Crippen LogP contribution < -0.4 is 4.90 Å². The Morgan fingerprint density at radius 3 is 2.20 bits per heavy atom. The number of nitrogens with zero attached hydrogens (tertiary/aromatic N) is 4. The maximum absolute atomic E-state index is 12.7. The molecule has 0 N–H and O–H groups in total. The van der Waals surface area contributed by atoms with Gasteiger partial charge in [0.05, 0.1) is 17.6 Å². The quantitative estimate of drug-likeness (QED) is 0.742. The van der Waals surface area contributed by atoms with Crippen LogP contribution in [0.3, 0.4) is 0 Å². The van der Waals surface area contributed by atoms with E-state index in [2.05, 4.69) is 14.7 Å². The van der Waals surface area contributed by atoms with Crippen molar-refractivity contribution in [3.05, 3.63) is 48.3 Å². The number of hydrogen-bond donors (Lipinski definition) is 0. The number of carbonyl (C=O) groups excluding carboxylic acids is 1. The van der Waals surface area contributed by atoms with E-state index in [0.717, 1.165) is 0 Å². The predicted molar refractivity (Wildman–Crippen MR) is 90.8 cm³/mol. The first-order valence-electron chi connectivity index (χ1n) is 7.73. The number of benzene rings is 1. The van der Waals surface area contributed by atoms with E-state index < -0.39 is 16.0 Å². The molecule has 8 nitrogen and oxygen atoms in total. The van der Waals surface area contributed by atoms with Gasteiger partial charge in [0.1, 0.15) is 0 Å². The Bertz CT molecular complexity index is 832. The van der Waals surface area contributed by atoms with Gasteiger partial charge in [0, 0.05) is 38.6 Å². The molecule has 0 spiro atoms. The highest BCUT2D eigenvalue weighted by Crippen LogP contribution is 2.19. The third kappa shape index (κ3) is 3.62. The first kappa shape index (κ1) is 17.3. The van der Waals surface area contributed by atoms with Crippen molar-refractivity contribution in [2.24, 2.45) is 0 Å². The largest absolute Gasteiger partial charge is 0.465 e. The number of aromatic nitrogens is 2. The van der Waals surface area contributed by atoms with Crippen molar-refractivity contribution in [2.45, 2.75) is 4.90 Å². The summed E-state index contributed by atoms with van der Waals surface area (Å²) in [5, 5.41) is 0. The standard InChI is InChI=1S/C16H18N4O4S/c1-24-15(21)13-3-5-14(6-4-13)25(22,23)20-11-9-19(10-12-20)16-17-7-2-8-18-16/h2-8H,9-12H2,1H3. The van der Waals surface area contributed by atoms with Crippen LogP contribution in [0.15, 0.2) is 47.6 Å². The SMILES string of the molecule is COC(=O)c1ccc(S(=O)(=O)N2CCN(c3ncccn3)CC2)cc1. The number of methoxy groups -OCH3 is 1. The molecule has 2 heterocycles. The molecular formula is C16H18N4O4S. The molecule has 1 aromatic heterocycles. The van der Waals surface area contributed by atoms with Gasteiger partial charge in [0.15, 0.2) is 0 Å². The van der Waals surface area contributed by atoms with Crippen LogP contribution in [-0.4, -0.2) is 61.9 Å². The van der Waals surface area contributed by atoms with Gasteiger partial charge in [0.2, 0.25) is 16.0 Å². The van der Waals surface area contributed by atoms with E-state index in [1.807, 2.05) is 4.90 Å². The number of rotatable bonds is 4. The van der Waals surface area contributed by atoms with E-state index >= 15 is 0 Å². The third-order valence-electron chi connectivity index (χ3n) is 3.99. The highest BCUT2D eigenvalue weighted by molar-refractivity contribution is 7.89. The van der Waals surface area contributed by atoms with Crippen molar-refractivity contribution in [1.29, 1.82) is 0 Å². The molecule has 3 rings (SSSR count). The Morgan fingerprint density at radius 2 is 1.64 bits per heavy atom. The molecule has 0 saturated carbocycles. The minimum atomic E-state index is -3.60. The second kappa shape index (κ2) is 7.16. The molecular weight excluding hydrogens is 344 g/mol. The Morgan fingerprint density at radius 1 is 1.04 bits per heavy atom. The maximum Gasteiger partial charge on any atom is 0.337 e. The monoisotopic (exact) mass is 362 g/mol. The minimum absolute atomic E-state index is 0.157. The van der Waals surface area contributed by atoms with Crippen LogP contribution in [-0.2, 0) is 14.8 Å². The van der Waals surface area contributed by atoms with Crippen LogP contribution in [0, 0.1) is 0 Å². The van der Waals surface area contributed by atoms with Crippen LogP contribution >= 0.6 is 0 Å². The topological polar surface area (TPSA) is 92.7 Å². The van der Waals surface area contributed by atoms with Crippen molar-refractivity contribution in [1.82, 2.24) is 14.3 Å². The lowest BCUT2D eigenvalue weighted by Crippen LogP contribution is -2.49. The average molecular weight is 362 g/mol. The van der Waals surface area contributed by atoms with E-state index in [-0.39, 0.29) is 4.90 Å². The van der Waals surface area contributed by atoms with Crippen LogP contribution in [0.5, 0.6) is 0 Å². The Kier molecular flexibility index (Phi) is 4.95. The zero-order valence-electron chi connectivity index (χ0n) is 13.7. The van der Waals surface area contributed by atoms with Crippen molar-refractivity contribution in [3.8, 4) is 0 Å². The molecule has 0 unspecified atom stereocenters. The zero-order chi connectivity index (χ0) is 17.9. The third-order valence-corrected chi connectivity index (χ3v) is 5.90. The number of carbonyl (C=O) groups is 1. The summed E-state index contributed by atoms with van der Waals surface area (Å²) in [4.78, 5) is 21.9. The van der Waals surface area contributed by atoms with E-state index in [9.17, 15) is 13.2 Å². The molecule has 1 aliphatic heterocycles. The molecule has 9 heteroatoms. The van der Waals surface area contributed by atoms with Gasteiger partial charge in [-0.2, -0.15) is 4.31 Å². The fourth-order valence-electron chi connectivity index (χ4n) is 2.61. The molecule has 0 radical (unpaired) electrons. The summed E-state index contributed by atoms with van der Waals surface area (Å²) >= 11 is 0. The minimum Gasteiger partial charge on any atom is -0.465 e. The van der Waals surface area contributed by atoms with Gasteiger partial charge in [-0.1, -0.05) is 0 Å². The molecule has 0 bridgehead atoms. The van der Waals surface area contributed by atoms with Gasteiger partial charge in [-0.15, -0.1) is 0 Å². The van der Waals surface area contributed by atoms with Gasteiger partial charge in [-0.25, -0.2) is 23.2 Å². The summed E-state index contributed by atoms with van der Waals surface area (Å²) in [6, 6.07) is 7.49. The molecule has 0 atom stereocenters. The van der Waals surface area contributed by atoms with E-state index in [1.54, 1.807) is 18.5 Å². The molecule has 1 saturated heterocycles. The highest BCUT2D eigenvalue weighted by Gasteiger charge is 2.29. The van der Waals surface area contributed by atoms with Crippen molar-refractivity contribution in [2.75, 3.05) is 38.2 Å². The second-order valence-electron chi connectivity index (χ2n) is 5.46. The van der Waals surface area contributed by atoms with Crippen LogP contribution in [0.1, 0.15) is 10.4 Å². The van der Waals surface area contributed by atoms with Crippen LogP contribution in [0.2, 0.25) is 0 Å². The summed E-state index contributed by atoms with van der Waals surface area (Å²) < 4.78 is 31.5. The van der Waals surface area contributed by atoms with Crippen molar-refractivity contribution in [3.63, 3.8) is 0 Å².